The molecule has 2 aromatic carbocycles. The lowest BCUT2D eigenvalue weighted by Gasteiger charge is -2.07. The van der Waals surface area contributed by atoms with Gasteiger partial charge in [0.1, 0.15) is 0 Å². The van der Waals surface area contributed by atoms with Crippen LogP contribution in [0.5, 0.6) is 0 Å². The van der Waals surface area contributed by atoms with Gasteiger partial charge < -0.3 is 5.32 Å². The van der Waals surface area contributed by atoms with Crippen molar-refractivity contribution >= 4 is 62.3 Å². The molecule has 3 aromatic rings. The number of hydrogen-bond acceptors (Lipinski definition) is 4. The van der Waals surface area contributed by atoms with Gasteiger partial charge in [0.05, 0.1) is 5.69 Å². The SMILES string of the molecule is Cc1ccc(-c2csc(NC(=S)NC(=O)c3cccc(I)c3)n2)cc1. The van der Waals surface area contributed by atoms with Gasteiger partial charge in [-0.2, -0.15) is 0 Å². The molecule has 25 heavy (non-hydrogen) atoms. The van der Waals surface area contributed by atoms with Crippen molar-refractivity contribution in [1.82, 2.24) is 10.3 Å². The summed E-state index contributed by atoms with van der Waals surface area (Å²) in [4.78, 5) is 16.7. The Hall–Kier alpha value is -1.84. The van der Waals surface area contributed by atoms with Crippen LogP contribution in [0, 0.1) is 10.5 Å². The average molecular weight is 479 g/mol. The highest BCUT2D eigenvalue weighted by molar-refractivity contribution is 14.1. The minimum atomic E-state index is -0.244. The predicted molar refractivity (Wildman–Crippen MR) is 115 cm³/mol. The molecule has 0 saturated heterocycles. The summed E-state index contributed by atoms with van der Waals surface area (Å²) >= 11 is 8.81. The van der Waals surface area contributed by atoms with Crippen molar-refractivity contribution in [3.63, 3.8) is 0 Å². The zero-order valence-electron chi connectivity index (χ0n) is 13.2. The van der Waals surface area contributed by atoms with Crippen LogP contribution in [0.2, 0.25) is 0 Å². The largest absolute Gasteiger partial charge is 0.308 e. The van der Waals surface area contributed by atoms with Crippen molar-refractivity contribution in [2.24, 2.45) is 0 Å². The van der Waals surface area contributed by atoms with Crippen LogP contribution in [0.15, 0.2) is 53.9 Å². The van der Waals surface area contributed by atoms with Crippen LogP contribution < -0.4 is 10.6 Å². The molecule has 1 amide bonds. The van der Waals surface area contributed by atoms with E-state index in [1.807, 2.05) is 48.7 Å². The first-order valence-electron chi connectivity index (χ1n) is 7.42. The maximum atomic E-state index is 12.2. The molecule has 3 rings (SSSR count). The van der Waals surface area contributed by atoms with E-state index in [-0.39, 0.29) is 11.0 Å². The molecule has 0 atom stereocenters. The average Bonchev–Trinajstić information content (AvgIpc) is 3.03. The number of thiocarbonyl (C=S) groups is 1. The van der Waals surface area contributed by atoms with Crippen LogP contribution in [-0.4, -0.2) is 16.0 Å². The number of anilines is 1. The zero-order chi connectivity index (χ0) is 17.8. The van der Waals surface area contributed by atoms with E-state index < -0.39 is 0 Å². The summed E-state index contributed by atoms with van der Waals surface area (Å²) < 4.78 is 0.992. The normalized spacial score (nSPS) is 10.3. The van der Waals surface area contributed by atoms with E-state index in [4.69, 9.17) is 12.2 Å². The van der Waals surface area contributed by atoms with Crippen LogP contribution in [0.3, 0.4) is 0 Å². The molecule has 2 N–H and O–H groups in total. The van der Waals surface area contributed by atoms with Crippen molar-refractivity contribution in [1.29, 1.82) is 0 Å². The standard InChI is InChI=1S/C18H14IN3OS2/c1-11-5-7-12(8-6-11)15-10-25-18(20-15)22-17(24)21-16(23)13-3-2-4-14(19)9-13/h2-10H,1H3,(H2,20,21,22,23,24). The number of rotatable bonds is 3. The van der Waals surface area contributed by atoms with Crippen LogP contribution in [0.1, 0.15) is 15.9 Å². The molecule has 0 aliphatic carbocycles. The molecule has 0 aliphatic heterocycles. The number of carbonyl (C=O) groups is 1. The first-order chi connectivity index (χ1) is 12.0. The zero-order valence-corrected chi connectivity index (χ0v) is 17.0. The van der Waals surface area contributed by atoms with E-state index >= 15 is 0 Å². The maximum absolute atomic E-state index is 12.2. The number of nitrogens with one attached hydrogen (secondary N) is 2. The lowest BCUT2D eigenvalue weighted by molar-refractivity contribution is 0.0977. The molecule has 0 unspecified atom stereocenters. The molecule has 4 nitrogen and oxygen atoms in total. The maximum Gasteiger partial charge on any atom is 0.257 e. The third kappa shape index (κ3) is 4.83. The summed E-state index contributed by atoms with van der Waals surface area (Å²) in [5.41, 5.74) is 3.69. The molecular weight excluding hydrogens is 465 g/mol. The van der Waals surface area contributed by atoms with Crippen molar-refractivity contribution < 1.29 is 4.79 Å². The highest BCUT2D eigenvalue weighted by Crippen LogP contribution is 2.25. The fraction of sp³-hybridized carbons (Fsp3) is 0.0556. The number of benzene rings is 2. The Morgan fingerprint density at radius 3 is 2.68 bits per heavy atom. The Balaban J connectivity index is 1.63. The second-order valence-electron chi connectivity index (χ2n) is 5.32. The second kappa shape index (κ2) is 8.03. The number of thiazole rings is 1. The Kier molecular flexibility index (Phi) is 5.77. The van der Waals surface area contributed by atoms with Gasteiger partial charge in [0.15, 0.2) is 10.2 Å². The summed E-state index contributed by atoms with van der Waals surface area (Å²) in [7, 11) is 0. The van der Waals surface area contributed by atoms with Crippen molar-refractivity contribution in [2.45, 2.75) is 6.92 Å². The summed E-state index contributed by atoms with van der Waals surface area (Å²) in [6.07, 6.45) is 0. The van der Waals surface area contributed by atoms with Crippen molar-refractivity contribution in [2.75, 3.05) is 5.32 Å². The van der Waals surface area contributed by atoms with Gasteiger partial charge in [-0.3, -0.25) is 10.1 Å². The molecule has 0 bridgehead atoms. The molecule has 0 fully saturated rings. The van der Waals surface area contributed by atoms with Gasteiger partial charge in [-0.05, 0) is 59.9 Å². The number of halogens is 1. The lowest BCUT2D eigenvalue weighted by atomic mass is 10.1. The van der Waals surface area contributed by atoms with Gasteiger partial charge in [-0.1, -0.05) is 35.9 Å². The van der Waals surface area contributed by atoms with E-state index in [2.05, 4.69) is 38.2 Å². The number of aromatic nitrogens is 1. The Morgan fingerprint density at radius 2 is 1.96 bits per heavy atom. The fourth-order valence-corrected chi connectivity index (χ4v) is 3.64. The third-order valence-electron chi connectivity index (χ3n) is 3.39. The lowest BCUT2D eigenvalue weighted by Crippen LogP contribution is -2.34. The van der Waals surface area contributed by atoms with Crippen LogP contribution in [-0.2, 0) is 0 Å². The molecule has 1 aromatic heterocycles. The van der Waals surface area contributed by atoms with Crippen molar-refractivity contribution in [3.05, 3.63) is 68.6 Å². The molecule has 7 heteroatoms. The Labute approximate surface area is 168 Å². The molecule has 1 heterocycles. The van der Waals surface area contributed by atoms with Gasteiger partial charge >= 0.3 is 0 Å². The topological polar surface area (TPSA) is 54.0 Å². The summed E-state index contributed by atoms with van der Waals surface area (Å²) in [5, 5.41) is 8.46. The molecule has 0 radical (unpaired) electrons. The molecule has 0 aliphatic rings. The minimum Gasteiger partial charge on any atom is -0.308 e. The van der Waals surface area contributed by atoms with Crippen LogP contribution in [0.4, 0.5) is 5.13 Å². The predicted octanol–water partition coefficient (Wildman–Crippen LogP) is 4.85. The van der Waals surface area contributed by atoms with E-state index in [0.29, 0.717) is 10.7 Å². The fourth-order valence-electron chi connectivity index (χ4n) is 2.12. The van der Waals surface area contributed by atoms with Crippen LogP contribution >= 0.6 is 46.1 Å². The molecule has 0 saturated carbocycles. The van der Waals surface area contributed by atoms with Gasteiger partial charge in [-0.25, -0.2) is 4.98 Å². The van der Waals surface area contributed by atoms with E-state index in [1.165, 1.54) is 16.9 Å². The van der Waals surface area contributed by atoms with Gasteiger partial charge in [-0.15, -0.1) is 11.3 Å². The summed E-state index contributed by atoms with van der Waals surface area (Å²) in [6.45, 7) is 2.05. The quantitative estimate of drug-likeness (QED) is 0.417. The molecular formula is C18H14IN3OS2. The summed E-state index contributed by atoms with van der Waals surface area (Å²) in [5.74, 6) is -0.244. The van der Waals surface area contributed by atoms with E-state index in [0.717, 1.165) is 14.8 Å². The van der Waals surface area contributed by atoms with E-state index in [9.17, 15) is 4.79 Å². The number of carbonyl (C=O) groups excluding carboxylic acids is 1. The number of amides is 1. The second-order valence-corrected chi connectivity index (χ2v) is 7.83. The first-order valence-corrected chi connectivity index (χ1v) is 9.78. The molecule has 126 valence electrons. The van der Waals surface area contributed by atoms with E-state index in [1.54, 1.807) is 12.1 Å². The minimum absolute atomic E-state index is 0.230. The molecule has 0 spiro atoms. The van der Waals surface area contributed by atoms with Gasteiger partial charge in [0, 0.05) is 20.1 Å². The van der Waals surface area contributed by atoms with Gasteiger partial charge in [0.25, 0.3) is 5.91 Å². The number of aryl methyl sites for hydroxylation is 1. The number of hydrogen-bond donors (Lipinski definition) is 2. The summed E-state index contributed by atoms with van der Waals surface area (Å²) in [6, 6.07) is 15.5. The third-order valence-corrected chi connectivity index (χ3v) is 5.02. The highest BCUT2D eigenvalue weighted by Gasteiger charge is 2.10. The highest BCUT2D eigenvalue weighted by atomic mass is 127. The van der Waals surface area contributed by atoms with Crippen LogP contribution in [0.25, 0.3) is 11.3 Å². The Morgan fingerprint density at radius 1 is 1.20 bits per heavy atom. The first kappa shape index (κ1) is 18.0. The smallest absolute Gasteiger partial charge is 0.257 e. The number of nitrogens with zero attached hydrogens (tertiary/aromatic N) is 1. The van der Waals surface area contributed by atoms with Crippen molar-refractivity contribution in [3.8, 4) is 11.3 Å². The van der Waals surface area contributed by atoms with Gasteiger partial charge in [0.2, 0.25) is 0 Å². The Bertz CT molecular complexity index is 922. The monoisotopic (exact) mass is 479 g/mol.